The van der Waals surface area contributed by atoms with Crippen molar-refractivity contribution in [2.24, 2.45) is 0 Å². The van der Waals surface area contributed by atoms with Crippen molar-refractivity contribution in [1.29, 1.82) is 0 Å². The van der Waals surface area contributed by atoms with Crippen molar-refractivity contribution >= 4 is 17.8 Å². The molecule has 2 heterocycles. The lowest BCUT2D eigenvalue weighted by Gasteiger charge is -2.47. The van der Waals surface area contributed by atoms with Crippen LogP contribution in [-0.2, 0) is 19.9 Å². The third kappa shape index (κ3) is 2.73. The average molecular weight is 359 g/mol. The zero-order valence-electron chi connectivity index (χ0n) is 15.9. The maximum atomic E-state index is 13.3. The number of methoxy groups -OCH3 is 2. The highest BCUT2D eigenvalue weighted by Gasteiger charge is 2.57. The van der Waals surface area contributed by atoms with E-state index in [1.807, 2.05) is 6.08 Å². The van der Waals surface area contributed by atoms with E-state index in [4.69, 9.17) is 14.2 Å². The van der Waals surface area contributed by atoms with Gasteiger partial charge in [-0.1, -0.05) is 0 Å². The van der Waals surface area contributed by atoms with Gasteiger partial charge < -0.3 is 19.1 Å². The van der Waals surface area contributed by atoms with Crippen LogP contribution in [0.25, 0.3) is 6.08 Å². The van der Waals surface area contributed by atoms with Gasteiger partial charge in [-0.15, -0.1) is 0 Å². The Morgan fingerprint density at radius 3 is 2.42 bits per heavy atom. The van der Waals surface area contributed by atoms with Crippen molar-refractivity contribution in [2.75, 3.05) is 20.8 Å². The number of ketones is 1. The van der Waals surface area contributed by atoms with Gasteiger partial charge in [0.05, 0.1) is 14.2 Å². The fourth-order valence-electron chi connectivity index (χ4n) is 3.62. The Bertz CT molecular complexity index is 777. The minimum atomic E-state index is -1.48. The first-order chi connectivity index (χ1) is 12.2. The second kappa shape index (κ2) is 6.34. The highest BCUT2D eigenvalue weighted by molar-refractivity contribution is 6.11. The van der Waals surface area contributed by atoms with Gasteiger partial charge in [-0.3, -0.25) is 4.79 Å². The fourth-order valence-corrected chi connectivity index (χ4v) is 3.62. The molecule has 1 aromatic carbocycles. The molecule has 0 aromatic heterocycles. The van der Waals surface area contributed by atoms with Gasteiger partial charge in [-0.05, 0) is 51.0 Å². The summed E-state index contributed by atoms with van der Waals surface area (Å²) in [5, 5.41) is 0. The summed E-state index contributed by atoms with van der Waals surface area (Å²) in [6, 6.07) is 3.51. The third-order valence-electron chi connectivity index (χ3n) is 4.71. The van der Waals surface area contributed by atoms with Gasteiger partial charge in [0, 0.05) is 24.7 Å². The van der Waals surface area contributed by atoms with E-state index in [-0.39, 0.29) is 5.78 Å². The van der Waals surface area contributed by atoms with Crippen LogP contribution in [0.2, 0.25) is 0 Å². The van der Waals surface area contributed by atoms with E-state index >= 15 is 0 Å². The van der Waals surface area contributed by atoms with Crippen LogP contribution in [0, 0.1) is 0 Å². The molecule has 2 aliphatic heterocycles. The van der Waals surface area contributed by atoms with E-state index in [1.165, 1.54) is 7.11 Å². The first kappa shape index (κ1) is 18.3. The molecule has 0 aliphatic carbocycles. The number of esters is 1. The maximum Gasteiger partial charge on any atom is 0.345 e. The van der Waals surface area contributed by atoms with Gasteiger partial charge in [0.15, 0.2) is 17.3 Å². The van der Waals surface area contributed by atoms with Crippen molar-refractivity contribution in [3.63, 3.8) is 0 Å². The Labute approximate surface area is 153 Å². The molecule has 0 saturated carbocycles. The molecule has 1 saturated heterocycles. The number of hydrogen-bond acceptors (Lipinski definition) is 6. The van der Waals surface area contributed by atoms with E-state index in [0.29, 0.717) is 36.4 Å². The van der Waals surface area contributed by atoms with Crippen molar-refractivity contribution < 1.29 is 23.8 Å². The molecule has 0 amide bonds. The normalized spacial score (nSPS) is 21.7. The number of piperidine rings is 1. The Kier molecular flexibility index (Phi) is 4.46. The van der Waals surface area contributed by atoms with Gasteiger partial charge in [0.25, 0.3) is 0 Å². The molecule has 0 radical (unpaired) electrons. The van der Waals surface area contributed by atoms with Crippen molar-refractivity contribution in [2.45, 2.75) is 44.8 Å². The summed E-state index contributed by atoms with van der Waals surface area (Å²) >= 11 is 0. The van der Waals surface area contributed by atoms with Gasteiger partial charge in [0.2, 0.25) is 5.54 Å². The Hall–Kier alpha value is -2.50. The molecular formula is C20H25NO5. The summed E-state index contributed by atoms with van der Waals surface area (Å²) < 4.78 is 16.5. The first-order valence-electron chi connectivity index (χ1n) is 8.72. The zero-order chi connectivity index (χ0) is 19.1. The number of nitrogens with zero attached hydrogens (tertiary/aromatic N) is 1. The smallest absolute Gasteiger partial charge is 0.345 e. The molecule has 3 rings (SSSR count). The molecule has 1 fully saturated rings. The van der Waals surface area contributed by atoms with Crippen LogP contribution in [0.3, 0.4) is 0 Å². The summed E-state index contributed by atoms with van der Waals surface area (Å²) in [6.45, 7) is 6.00. The van der Waals surface area contributed by atoms with Gasteiger partial charge in [-0.2, -0.15) is 0 Å². The van der Waals surface area contributed by atoms with Crippen LogP contribution >= 0.6 is 0 Å². The molecule has 0 N–H and O–H groups in total. The highest BCUT2D eigenvalue weighted by atomic mass is 16.6. The summed E-state index contributed by atoms with van der Waals surface area (Å²) in [6.07, 6.45) is 4.72. The Morgan fingerprint density at radius 1 is 1.15 bits per heavy atom. The third-order valence-corrected chi connectivity index (χ3v) is 4.71. The minimum absolute atomic E-state index is 0.157. The van der Waals surface area contributed by atoms with Crippen LogP contribution in [0.4, 0.5) is 0 Å². The maximum absolute atomic E-state index is 13.3. The second-order valence-corrected chi connectivity index (χ2v) is 7.54. The Morgan fingerprint density at radius 2 is 1.81 bits per heavy atom. The number of benzene rings is 1. The summed E-state index contributed by atoms with van der Waals surface area (Å²) in [7, 11) is 3.09. The molecule has 1 aromatic rings. The lowest BCUT2D eigenvalue weighted by atomic mass is 9.75. The number of carbonyl (C=O) groups is 2. The van der Waals surface area contributed by atoms with E-state index in [1.54, 1.807) is 51.1 Å². The van der Waals surface area contributed by atoms with Crippen molar-refractivity contribution in [3.05, 3.63) is 29.5 Å². The molecular weight excluding hydrogens is 334 g/mol. The summed E-state index contributed by atoms with van der Waals surface area (Å²) in [5.74, 6) is 0.318. The van der Waals surface area contributed by atoms with Crippen LogP contribution in [0.15, 0.2) is 18.3 Å². The predicted octanol–water partition coefficient (Wildman–Crippen LogP) is 2.89. The first-order valence-corrected chi connectivity index (χ1v) is 8.72. The summed E-state index contributed by atoms with van der Waals surface area (Å²) in [5.41, 5.74) is -0.848. The van der Waals surface area contributed by atoms with Crippen LogP contribution in [0.1, 0.15) is 44.7 Å². The van der Waals surface area contributed by atoms with Crippen LogP contribution in [-0.4, -0.2) is 43.0 Å². The van der Waals surface area contributed by atoms with E-state index < -0.39 is 17.1 Å². The van der Waals surface area contributed by atoms with Gasteiger partial charge in [0.1, 0.15) is 5.60 Å². The monoisotopic (exact) mass is 359 g/mol. The molecule has 2 aliphatic rings. The number of carbonyl (C=O) groups excluding carboxylic acids is 2. The number of hydrogen-bond donors (Lipinski definition) is 0. The SMILES string of the molecule is COc1cc2c(cc1OC)C1(C(=O)OC(C)(C)C)C(=O)CCCN1C=C2. The average Bonchev–Trinajstić information content (AvgIpc) is 2.58. The largest absolute Gasteiger partial charge is 0.493 e. The molecule has 6 heteroatoms. The lowest BCUT2D eigenvalue weighted by Crippen LogP contribution is -2.60. The predicted molar refractivity (Wildman–Crippen MR) is 97.1 cm³/mol. The van der Waals surface area contributed by atoms with E-state index in [9.17, 15) is 9.59 Å². The fraction of sp³-hybridized carbons (Fsp3) is 0.500. The number of fused-ring (bicyclic) bond motifs is 3. The molecule has 1 atom stereocenters. The second-order valence-electron chi connectivity index (χ2n) is 7.54. The molecule has 0 spiro atoms. The van der Waals surface area contributed by atoms with Crippen molar-refractivity contribution in [3.8, 4) is 11.5 Å². The minimum Gasteiger partial charge on any atom is -0.493 e. The lowest BCUT2D eigenvalue weighted by molar-refractivity contribution is -0.174. The topological polar surface area (TPSA) is 65.1 Å². The van der Waals surface area contributed by atoms with Crippen LogP contribution in [0.5, 0.6) is 11.5 Å². The zero-order valence-corrected chi connectivity index (χ0v) is 15.9. The van der Waals surface area contributed by atoms with E-state index in [0.717, 1.165) is 5.56 Å². The number of Topliss-reactive ketones (excluding diaryl/α,β-unsaturated/α-hetero) is 1. The van der Waals surface area contributed by atoms with E-state index in [2.05, 4.69) is 0 Å². The molecule has 140 valence electrons. The molecule has 0 bridgehead atoms. The standard InChI is InChI=1S/C20H25NO5/c1-19(2,3)26-18(23)20-14-12-16(25-5)15(24-4)11-13(14)8-10-21(20)9-6-7-17(20)22/h8,10-12H,6-7,9H2,1-5H3. The van der Waals surface area contributed by atoms with Gasteiger partial charge in [-0.25, -0.2) is 4.79 Å². The molecule has 26 heavy (non-hydrogen) atoms. The van der Waals surface area contributed by atoms with Gasteiger partial charge >= 0.3 is 5.97 Å². The highest BCUT2D eigenvalue weighted by Crippen LogP contribution is 2.46. The molecule has 1 unspecified atom stereocenters. The van der Waals surface area contributed by atoms with Crippen molar-refractivity contribution in [1.82, 2.24) is 4.90 Å². The Balaban J connectivity index is 2.25. The molecule has 6 nitrogen and oxygen atoms in total. The van der Waals surface area contributed by atoms with Crippen LogP contribution < -0.4 is 9.47 Å². The summed E-state index contributed by atoms with van der Waals surface area (Å²) in [4.78, 5) is 28.2. The quantitative estimate of drug-likeness (QED) is 0.611. The number of rotatable bonds is 3. The number of ether oxygens (including phenoxy) is 3.